The minimum Gasteiger partial charge on any atom is -0.355 e. The second-order valence-corrected chi connectivity index (χ2v) is 5.59. The van der Waals surface area contributed by atoms with E-state index in [1.54, 1.807) is 0 Å². The van der Waals surface area contributed by atoms with E-state index >= 15 is 0 Å². The number of pyridine rings is 1. The minimum atomic E-state index is 0.357. The third-order valence-corrected chi connectivity index (χ3v) is 4.04. The van der Waals surface area contributed by atoms with E-state index in [0.29, 0.717) is 11.7 Å². The number of hydrogen-bond donors (Lipinski definition) is 0. The molecule has 2 rings (SSSR count). The summed E-state index contributed by atoms with van der Waals surface area (Å²) >= 11 is 1.84. The number of thioether (sulfide) groups is 1. The molecule has 2 aromatic heterocycles. The second kappa shape index (κ2) is 6.10. The first-order chi connectivity index (χ1) is 9.19. The number of aromatic nitrogens is 2. The van der Waals surface area contributed by atoms with E-state index in [-0.39, 0.29) is 0 Å². The van der Waals surface area contributed by atoms with Gasteiger partial charge in [0.15, 0.2) is 12.1 Å². The first kappa shape index (κ1) is 13.9. The van der Waals surface area contributed by atoms with Gasteiger partial charge in [-0.25, -0.2) is 4.98 Å². The highest BCUT2D eigenvalue weighted by Gasteiger charge is 2.18. The molecule has 0 N–H and O–H groups in total. The first-order valence-electron chi connectivity index (χ1n) is 6.33. The van der Waals surface area contributed by atoms with Crippen molar-refractivity contribution in [3.63, 3.8) is 0 Å². The van der Waals surface area contributed by atoms with E-state index in [1.807, 2.05) is 47.6 Å². The third kappa shape index (κ3) is 2.76. The van der Waals surface area contributed by atoms with E-state index in [4.69, 9.17) is 0 Å². The quantitative estimate of drug-likeness (QED) is 0.761. The normalized spacial score (nSPS) is 12.6. The molecule has 2 heterocycles. The van der Waals surface area contributed by atoms with Crippen molar-refractivity contribution >= 4 is 29.5 Å². The van der Waals surface area contributed by atoms with Gasteiger partial charge in [0.1, 0.15) is 11.3 Å². The average molecular weight is 277 g/mol. The molecule has 4 nitrogen and oxygen atoms in total. The lowest BCUT2D eigenvalue weighted by atomic mass is 10.2. The van der Waals surface area contributed by atoms with Crippen molar-refractivity contribution in [3.8, 4) is 0 Å². The number of imidazole rings is 1. The molecule has 0 aliphatic heterocycles. The molecule has 0 amide bonds. The van der Waals surface area contributed by atoms with Gasteiger partial charge in [0.05, 0.1) is 0 Å². The zero-order chi connectivity index (χ0) is 13.8. The van der Waals surface area contributed by atoms with Crippen LogP contribution in [0.1, 0.15) is 23.8 Å². The number of aldehydes is 1. The molecule has 19 heavy (non-hydrogen) atoms. The van der Waals surface area contributed by atoms with E-state index in [2.05, 4.69) is 23.1 Å². The summed E-state index contributed by atoms with van der Waals surface area (Å²) in [6, 6.07) is 6.10. The molecule has 0 aliphatic carbocycles. The minimum absolute atomic E-state index is 0.357. The Balaban J connectivity index is 2.35. The third-order valence-electron chi connectivity index (χ3n) is 3.39. The number of anilines is 1. The van der Waals surface area contributed by atoms with Gasteiger partial charge in [0.2, 0.25) is 0 Å². The molecular formula is C14H19N3OS. The highest BCUT2D eigenvalue weighted by atomic mass is 32.2. The summed E-state index contributed by atoms with van der Waals surface area (Å²) in [6.45, 7) is 2.16. The summed E-state index contributed by atoms with van der Waals surface area (Å²) in [5.41, 5.74) is 1.43. The van der Waals surface area contributed by atoms with E-state index in [1.165, 1.54) is 0 Å². The molecule has 1 atom stereocenters. The zero-order valence-electron chi connectivity index (χ0n) is 11.5. The summed E-state index contributed by atoms with van der Waals surface area (Å²) in [6.07, 6.45) is 5.93. The molecule has 5 heteroatoms. The number of nitrogens with zero attached hydrogens (tertiary/aromatic N) is 3. The molecule has 0 aromatic carbocycles. The van der Waals surface area contributed by atoms with Crippen LogP contribution in [0.4, 0.5) is 5.82 Å². The van der Waals surface area contributed by atoms with Crippen molar-refractivity contribution in [1.29, 1.82) is 0 Å². The predicted molar refractivity (Wildman–Crippen MR) is 81.4 cm³/mol. The Morgan fingerprint density at radius 2 is 2.32 bits per heavy atom. The van der Waals surface area contributed by atoms with Crippen LogP contribution in [0.15, 0.2) is 24.4 Å². The molecule has 0 fully saturated rings. The Hall–Kier alpha value is -1.49. The number of carbonyl (C=O) groups excluding carboxylic acids is 1. The number of hydrogen-bond acceptors (Lipinski definition) is 4. The Morgan fingerprint density at radius 1 is 1.53 bits per heavy atom. The van der Waals surface area contributed by atoms with Crippen LogP contribution in [-0.2, 0) is 0 Å². The molecule has 0 bridgehead atoms. The fourth-order valence-electron chi connectivity index (χ4n) is 2.06. The van der Waals surface area contributed by atoms with Crippen molar-refractivity contribution in [3.05, 3.63) is 30.1 Å². The summed E-state index contributed by atoms with van der Waals surface area (Å²) < 4.78 is 1.83. The van der Waals surface area contributed by atoms with Crippen molar-refractivity contribution < 1.29 is 4.79 Å². The Labute approximate surface area is 117 Å². The van der Waals surface area contributed by atoms with Gasteiger partial charge in [-0.2, -0.15) is 11.8 Å². The second-order valence-electron chi connectivity index (χ2n) is 4.61. The van der Waals surface area contributed by atoms with Crippen LogP contribution in [0.3, 0.4) is 0 Å². The van der Waals surface area contributed by atoms with Gasteiger partial charge < -0.3 is 4.90 Å². The van der Waals surface area contributed by atoms with Crippen LogP contribution in [-0.4, -0.2) is 40.8 Å². The zero-order valence-corrected chi connectivity index (χ0v) is 12.4. The van der Waals surface area contributed by atoms with Crippen LogP contribution in [0.2, 0.25) is 0 Å². The molecule has 0 saturated carbocycles. The van der Waals surface area contributed by atoms with Gasteiger partial charge >= 0.3 is 0 Å². The number of carbonyl (C=O) groups is 1. The summed E-state index contributed by atoms with van der Waals surface area (Å²) in [4.78, 5) is 18.0. The van der Waals surface area contributed by atoms with Gasteiger partial charge in [-0.3, -0.25) is 9.20 Å². The Kier molecular flexibility index (Phi) is 4.47. The molecule has 2 aromatic rings. The van der Waals surface area contributed by atoms with Crippen molar-refractivity contribution in [2.24, 2.45) is 0 Å². The molecule has 0 spiro atoms. The van der Waals surface area contributed by atoms with E-state index in [9.17, 15) is 4.79 Å². The molecule has 0 radical (unpaired) electrons. The van der Waals surface area contributed by atoms with Crippen molar-refractivity contribution in [2.75, 3.05) is 24.0 Å². The van der Waals surface area contributed by atoms with Crippen LogP contribution in [0, 0.1) is 0 Å². The smallest absolute Gasteiger partial charge is 0.170 e. The lowest BCUT2D eigenvalue weighted by Crippen LogP contribution is -2.30. The van der Waals surface area contributed by atoms with Gasteiger partial charge in [-0.15, -0.1) is 0 Å². The molecule has 1 unspecified atom stereocenters. The summed E-state index contributed by atoms with van der Waals surface area (Å²) in [7, 11) is 2.00. The largest absolute Gasteiger partial charge is 0.355 e. The molecule has 102 valence electrons. The van der Waals surface area contributed by atoms with Crippen LogP contribution in [0.25, 0.3) is 5.65 Å². The maximum absolute atomic E-state index is 11.4. The highest BCUT2D eigenvalue weighted by molar-refractivity contribution is 7.98. The van der Waals surface area contributed by atoms with Gasteiger partial charge in [0.25, 0.3) is 0 Å². The summed E-state index contributed by atoms with van der Waals surface area (Å²) in [5, 5.41) is 0. The fourth-order valence-corrected chi connectivity index (χ4v) is 2.64. The van der Waals surface area contributed by atoms with Gasteiger partial charge in [0, 0.05) is 19.3 Å². The molecule has 0 saturated heterocycles. The van der Waals surface area contributed by atoms with Crippen LogP contribution in [0.5, 0.6) is 0 Å². The van der Waals surface area contributed by atoms with Crippen LogP contribution < -0.4 is 4.90 Å². The Morgan fingerprint density at radius 3 is 3.00 bits per heavy atom. The monoisotopic (exact) mass is 277 g/mol. The number of fused-ring (bicyclic) bond motifs is 1. The lowest BCUT2D eigenvalue weighted by molar-refractivity contribution is 0.111. The predicted octanol–water partition coefficient (Wildman–Crippen LogP) is 2.72. The highest BCUT2D eigenvalue weighted by Crippen LogP contribution is 2.22. The fraction of sp³-hybridized carbons (Fsp3) is 0.429. The first-order valence-corrected chi connectivity index (χ1v) is 7.72. The topological polar surface area (TPSA) is 37.6 Å². The number of rotatable bonds is 6. The van der Waals surface area contributed by atoms with Crippen LogP contribution >= 0.6 is 11.8 Å². The van der Waals surface area contributed by atoms with Crippen molar-refractivity contribution in [1.82, 2.24) is 9.38 Å². The van der Waals surface area contributed by atoms with Gasteiger partial charge in [-0.05, 0) is 37.5 Å². The van der Waals surface area contributed by atoms with E-state index in [0.717, 1.165) is 29.9 Å². The van der Waals surface area contributed by atoms with Gasteiger partial charge in [-0.1, -0.05) is 6.07 Å². The lowest BCUT2D eigenvalue weighted by Gasteiger charge is -2.25. The van der Waals surface area contributed by atoms with Crippen molar-refractivity contribution in [2.45, 2.75) is 19.4 Å². The molecular weight excluding hydrogens is 258 g/mol. The summed E-state index contributed by atoms with van der Waals surface area (Å²) in [5.74, 6) is 1.87. The SMILES string of the molecule is CSCCC(C)N(C)c1nc2ccccn2c1C=O. The Bertz CT molecular complexity index is 567. The maximum Gasteiger partial charge on any atom is 0.170 e. The van der Waals surface area contributed by atoms with E-state index < -0.39 is 0 Å². The molecule has 0 aliphatic rings. The standard InChI is InChI=1S/C14H19N3OS/c1-11(7-9-19-3)16(2)14-12(10-18)17-8-5-4-6-13(17)15-14/h4-6,8,10-11H,7,9H2,1-3H3. The average Bonchev–Trinajstić information content (AvgIpc) is 2.82. The maximum atomic E-state index is 11.4.